The number of hydrogen-bond donors (Lipinski definition) is 2. The first-order valence-corrected chi connectivity index (χ1v) is 8.98. The largest absolute Gasteiger partial charge is 0.479 e. The van der Waals surface area contributed by atoms with Crippen LogP contribution in [0.2, 0.25) is 0 Å². The van der Waals surface area contributed by atoms with Crippen LogP contribution in [-0.4, -0.2) is 29.2 Å². The number of aryl methyl sites for hydroxylation is 1. The molecule has 1 fully saturated rings. The minimum absolute atomic E-state index is 0.0476. The van der Waals surface area contributed by atoms with Gasteiger partial charge in [0.2, 0.25) is 5.91 Å². The summed E-state index contributed by atoms with van der Waals surface area (Å²) in [6.45, 7) is 0. The molecule has 1 unspecified atom stereocenters. The summed E-state index contributed by atoms with van der Waals surface area (Å²) in [5.74, 6) is -1.21. The van der Waals surface area contributed by atoms with E-state index < -0.39 is 18.2 Å². The molecule has 0 spiro atoms. The van der Waals surface area contributed by atoms with E-state index in [-0.39, 0.29) is 11.9 Å². The van der Waals surface area contributed by atoms with Crippen LogP contribution in [0.1, 0.15) is 36.4 Å². The Morgan fingerprint density at radius 3 is 2.46 bits per heavy atom. The van der Waals surface area contributed by atoms with Gasteiger partial charge in [-0.3, -0.25) is 4.79 Å². The number of carbonyl (C=O) groups is 2. The van der Waals surface area contributed by atoms with Crippen molar-refractivity contribution >= 4 is 11.9 Å². The van der Waals surface area contributed by atoms with E-state index in [2.05, 4.69) is 35.6 Å². The van der Waals surface area contributed by atoms with Gasteiger partial charge in [-0.25, -0.2) is 4.79 Å². The van der Waals surface area contributed by atoms with E-state index in [1.165, 1.54) is 5.56 Å². The van der Waals surface area contributed by atoms with Crippen LogP contribution < -0.4 is 5.32 Å². The third-order valence-electron chi connectivity index (χ3n) is 5.23. The molecule has 2 aliphatic rings. The van der Waals surface area contributed by atoms with Crippen LogP contribution >= 0.6 is 0 Å². The molecule has 0 aromatic heterocycles. The van der Waals surface area contributed by atoms with Crippen molar-refractivity contribution in [3.8, 4) is 11.1 Å². The van der Waals surface area contributed by atoms with Crippen molar-refractivity contribution in [3.63, 3.8) is 0 Å². The summed E-state index contributed by atoms with van der Waals surface area (Å²) >= 11 is 0. The third kappa shape index (κ3) is 3.22. The predicted molar refractivity (Wildman–Crippen MR) is 96.6 cm³/mol. The number of carboxylic acid groups (broad SMARTS) is 1. The van der Waals surface area contributed by atoms with Crippen LogP contribution in [0.5, 0.6) is 0 Å². The molecule has 0 radical (unpaired) electrons. The molecule has 5 nitrogen and oxygen atoms in total. The molecule has 2 N–H and O–H groups in total. The Morgan fingerprint density at radius 1 is 0.962 bits per heavy atom. The van der Waals surface area contributed by atoms with E-state index >= 15 is 0 Å². The average Bonchev–Trinajstić information content (AvgIpc) is 3.30. The van der Waals surface area contributed by atoms with Crippen molar-refractivity contribution < 1.29 is 19.4 Å². The fourth-order valence-corrected chi connectivity index (χ4v) is 3.84. The van der Waals surface area contributed by atoms with E-state index in [1.54, 1.807) is 0 Å². The standard InChI is InChI=1S/C21H21NO4/c23-20(18-10-11-19(26-18)21(24)25)22-17-9-8-14-6-7-15(12-16(14)17)13-4-2-1-3-5-13/h1-7,12,17-19H,8-11H2,(H,22,23)(H,24,25)/t17?,18-,19+/m0/s1. The van der Waals surface area contributed by atoms with E-state index in [9.17, 15) is 9.59 Å². The van der Waals surface area contributed by atoms with Crippen LogP contribution in [0.4, 0.5) is 0 Å². The predicted octanol–water partition coefficient (Wildman–Crippen LogP) is 3.09. The molecule has 5 heteroatoms. The molecule has 2 aromatic carbocycles. The van der Waals surface area contributed by atoms with Gasteiger partial charge in [0.15, 0.2) is 6.10 Å². The van der Waals surface area contributed by atoms with Crippen molar-refractivity contribution in [2.45, 2.75) is 43.9 Å². The summed E-state index contributed by atoms with van der Waals surface area (Å²) < 4.78 is 5.36. The quantitative estimate of drug-likeness (QED) is 0.888. The molecule has 3 atom stereocenters. The van der Waals surface area contributed by atoms with Crippen molar-refractivity contribution in [3.05, 3.63) is 59.7 Å². The van der Waals surface area contributed by atoms with E-state index in [0.29, 0.717) is 12.8 Å². The molecule has 134 valence electrons. The lowest BCUT2D eigenvalue weighted by Gasteiger charge is -2.18. The maximum absolute atomic E-state index is 12.5. The lowest BCUT2D eigenvalue weighted by molar-refractivity contribution is -0.151. The highest BCUT2D eigenvalue weighted by atomic mass is 16.5. The van der Waals surface area contributed by atoms with Crippen LogP contribution in [0.25, 0.3) is 11.1 Å². The molecule has 1 aliphatic carbocycles. The van der Waals surface area contributed by atoms with Gasteiger partial charge >= 0.3 is 5.97 Å². The molecule has 26 heavy (non-hydrogen) atoms. The number of aliphatic carboxylic acids is 1. The monoisotopic (exact) mass is 351 g/mol. The Kier molecular flexibility index (Phi) is 4.47. The zero-order valence-corrected chi connectivity index (χ0v) is 14.4. The zero-order chi connectivity index (χ0) is 18.1. The maximum atomic E-state index is 12.5. The SMILES string of the molecule is O=C(NC1CCc2ccc(-c3ccccc3)cc21)[C@@H]1CC[C@H](C(=O)O)O1. The second-order valence-electron chi connectivity index (χ2n) is 6.91. The Labute approximate surface area is 152 Å². The number of carbonyl (C=O) groups excluding carboxylic acids is 1. The number of fused-ring (bicyclic) bond motifs is 1. The van der Waals surface area contributed by atoms with Gasteiger partial charge in [0, 0.05) is 0 Å². The van der Waals surface area contributed by atoms with Crippen LogP contribution in [0.3, 0.4) is 0 Å². The topological polar surface area (TPSA) is 75.6 Å². The Morgan fingerprint density at radius 2 is 1.73 bits per heavy atom. The summed E-state index contributed by atoms with van der Waals surface area (Å²) in [7, 11) is 0. The first-order valence-electron chi connectivity index (χ1n) is 8.98. The zero-order valence-electron chi connectivity index (χ0n) is 14.4. The van der Waals surface area contributed by atoms with Crippen LogP contribution in [-0.2, 0) is 20.7 Å². The van der Waals surface area contributed by atoms with Gasteiger partial charge in [-0.1, -0.05) is 42.5 Å². The fraction of sp³-hybridized carbons (Fsp3) is 0.333. The van der Waals surface area contributed by atoms with Gasteiger partial charge in [0.1, 0.15) is 6.10 Å². The number of benzene rings is 2. The van der Waals surface area contributed by atoms with Gasteiger partial charge in [-0.15, -0.1) is 0 Å². The van der Waals surface area contributed by atoms with Crippen LogP contribution in [0.15, 0.2) is 48.5 Å². The highest BCUT2D eigenvalue weighted by Crippen LogP contribution is 2.35. The highest BCUT2D eigenvalue weighted by Gasteiger charge is 2.36. The average molecular weight is 351 g/mol. The molecule has 0 saturated carbocycles. The maximum Gasteiger partial charge on any atom is 0.332 e. The summed E-state index contributed by atoms with van der Waals surface area (Å²) in [5, 5.41) is 12.1. The number of hydrogen-bond acceptors (Lipinski definition) is 3. The summed E-state index contributed by atoms with van der Waals surface area (Å²) in [4.78, 5) is 23.5. The third-order valence-corrected chi connectivity index (χ3v) is 5.23. The number of carboxylic acids is 1. The summed E-state index contributed by atoms with van der Waals surface area (Å²) in [6, 6.07) is 16.5. The molecule has 1 aliphatic heterocycles. The fourth-order valence-electron chi connectivity index (χ4n) is 3.84. The lowest BCUT2D eigenvalue weighted by atomic mass is 9.99. The normalized spacial score (nSPS) is 24.2. The molecular weight excluding hydrogens is 330 g/mol. The number of amides is 1. The first-order chi connectivity index (χ1) is 12.6. The molecule has 1 heterocycles. The molecule has 1 amide bonds. The van der Waals surface area contributed by atoms with E-state index in [4.69, 9.17) is 9.84 Å². The smallest absolute Gasteiger partial charge is 0.332 e. The molecule has 1 saturated heterocycles. The Balaban J connectivity index is 1.49. The van der Waals surface area contributed by atoms with Crippen molar-refractivity contribution in [1.82, 2.24) is 5.32 Å². The molecule has 2 aromatic rings. The highest BCUT2D eigenvalue weighted by molar-refractivity contribution is 5.83. The van der Waals surface area contributed by atoms with Crippen molar-refractivity contribution in [2.24, 2.45) is 0 Å². The number of ether oxygens (including phenoxy) is 1. The number of nitrogens with one attached hydrogen (secondary N) is 1. The van der Waals surface area contributed by atoms with E-state index in [0.717, 1.165) is 29.5 Å². The van der Waals surface area contributed by atoms with E-state index in [1.807, 2.05) is 18.2 Å². The minimum atomic E-state index is -1.00. The Hall–Kier alpha value is -2.66. The summed E-state index contributed by atoms with van der Waals surface area (Å²) in [6.07, 6.45) is 1.08. The first kappa shape index (κ1) is 16.8. The van der Waals surface area contributed by atoms with Crippen molar-refractivity contribution in [2.75, 3.05) is 0 Å². The minimum Gasteiger partial charge on any atom is -0.479 e. The Bertz CT molecular complexity index is 833. The molecule has 4 rings (SSSR count). The van der Waals surface area contributed by atoms with Crippen LogP contribution in [0, 0.1) is 0 Å². The number of rotatable bonds is 4. The second kappa shape index (κ2) is 6.92. The van der Waals surface area contributed by atoms with Gasteiger partial charge in [0.05, 0.1) is 6.04 Å². The molecule has 0 bridgehead atoms. The summed E-state index contributed by atoms with van der Waals surface area (Å²) in [5.41, 5.74) is 4.68. The van der Waals surface area contributed by atoms with Gasteiger partial charge in [-0.05, 0) is 54.0 Å². The van der Waals surface area contributed by atoms with Gasteiger partial charge in [0.25, 0.3) is 0 Å². The molecular formula is C21H21NO4. The van der Waals surface area contributed by atoms with Gasteiger partial charge in [-0.2, -0.15) is 0 Å². The second-order valence-corrected chi connectivity index (χ2v) is 6.91. The van der Waals surface area contributed by atoms with Crippen molar-refractivity contribution in [1.29, 1.82) is 0 Å². The van der Waals surface area contributed by atoms with Gasteiger partial charge < -0.3 is 15.2 Å². The lowest BCUT2D eigenvalue weighted by Crippen LogP contribution is -2.37.